The molecule has 0 radical (unpaired) electrons. The van der Waals surface area contributed by atoms with Crippen LogP contribution in [0.5, 0.6) is 11.5 Å². The highest BCUT2D eigenvalue weighted by atomic mass is 16.6. The molecule has 0 saturated heterocycles. The number of carbonyl (C=O) groups excluding carboxylic acids is 1. The molecular weight excluding hydrogens is 372 g/mol. The predicted molar refractivity (Wildman–Crippen MR) is 104 cm³/mol. The topological polar surface area (TPSA) is 91.4 Å². The Labute approximate surface area is 167 Å². The Hall–Kier alpha value is -3.29. The minimum absolute atomic E-state index is 0.167. The lowest BCUT2D eigenvalue weighted by atomic mass is 10.2. The van der Waals surface area contributed by atoms with Gasteiger partial charge in [-0.05, 0) is 44.9 Å². The van der Waals surface area contributed by atoms with Crippen molar-refractivity contribution in [3.05, 3.63) is 52.9 Å². The van der Waals surface area contributed by atoms with Crippen LogP contribution in [0, 0.1) is 13.8 Å². The molecule has 150 valence electrons. The number of nitrogens with zero attached hydrogens (tertiary/aromatic N) is 3. The Morgan fingerprint density at radius 2 is 1.97 bits per heavy atom. The first kappa shape index (κ1) is 17.8. The van der Waals surface area contributed by atoms with Crippen molar-refractivity contribution in [2.75, 3.05) is 13.2 Å². The van der Waals surface area contributed by atoms with Gasteiger partial charge in [-0.2, -0.15) is 4.98 Å². The molecule has 1 amide bonds. The Morgan fingerprint density at radius 1 is 1.17 bits per heavy atom. The van der Waals surface area contributed by atoms with E-state index in [-0.39, 0.29) is 12.5 Å². The molecule has 2 aromatic heterocycles. The van der Waals surface area contributed by atoms with Gasteiger partial charge in [-0.15, -0.1) is 0 Å². The summed E-state index contributed by atoms with van der Waals surface area (Å²) >= 11 is 0. The van der Waals surface area contributed by atoms with Gasteiger partial charge < -0.3 is 23.9 Å². The van der Waals surface area contributed by atoms with E-state index in [9.17, 15) is 4.79 Å². The molecule has 1 saturated carbocycles. The number of carbonyl (C=O) groups is 1. The van der Waals surface area contributed by atoms with E-state index in [1.54, 1.807) is 0 Å². The van der Waals surface area contributed by atoms with Gasteiger partial charge in [0, 0.05) is 29.1 Å². The summed E-state index contributed by atoms with van der Waals surface area (Å²) in [6, 6.07) is 7.69. The maximum Gasteiger partial charge on any atom is 0.253 e. The van der Waals surface area contributed by atoms with Crippen LogP contribution in [0.3, 0.4) is 0 Å². The second kappa shape index (κ2) is 6.95. The number of hydrogen-bond donors (Lipinski definition) is 1. The number of rotatable bonds is 5. The average molecular weight is 394 g/mol. The minimum atomic E-state index is -0.167. The van der Waals surface area contributed by atoms with Gasteiger partial charge in [0.1, 0.15) is 13.2 Å². The van der Waals surface area contributed by atoms with Crippen LogP contribution >= 0.6 is 0 Å². The summed E-state index contributed by atoms with van der Waals surface area (Å²) < 4.78 is 18.6. The SMILES string of the molecule is Cc1cc(C(=O)NCc2noc(C3CC3)n2)c(C)n1-c1ccc2c(c1)OCCO2. The molecule has 29 heavy (non-hydrogen) atoms. The fourth-order valence-corrected chi connectivity index (χ4v) is 3.65. The van der Waals surface area contributed by atoms with Crippen molar-refractivity contribution < 1.29 is 18.8 Å². The van der Waals surface area contributed by atoms with Gasteiger partial charge in [-0.25, -0.2) is 0 Å². The summed E-state index contributed by atoms with van der Waals surface area (Å²) in [5.74, 6) is 2.87. The third-order valence-electron chi connectivity index (χ3n) is 5.28. The van der Waals surface area contributed by atoms with Gasteiger partial charge in [0.15, 0.2) is 17.3 Å². The summed E-state index contributed by atoms with van der Waals surface area (Å²) in [6.07, 6.45) is 2.19. The quantitative estimate of drug-likeness (QED) is 0.715. The van der Waals surface area contributed by atoms with Gasteiger partial charge in [-0.1, -0.05) is 5.16 Å². The van der Waals surface area contributed by atoms with Crippen molar-refractivity contribution in [2.45, 2.75) is 39.2 Å². The zero-order valence-electron chi connectivity index (χ0n) is 16.4. The van der Waals surface area contributed by atoms with Gasteiger partial charge >= 0.3 is 0 Å². The molecule has 3 aromatic rings. The number of amides is 1. The highest BCUT2D eigenvalue weighted by Crippen LogP contribution is 2.38. The van der Waals surface area contributed by atoms with Gasteiger partial charge in [0.25, 0.3) is 5.91 Å². The molecule has 0 unspecified atom stereocenters. The number of aryl methyl sites for hydroxylation is 1. The molecule has 1 N–H and O–H groups in total. The first-order chi connectivity index (χ1) is 14.1. The Kier molecular flexibility index (Phi) is 4.26. The molecule has 1 fully saturated rings. The molecule has 0 bridgehead atoms. The molecule has 0 atom stereocenters. The summed E-state index contributed by atoms with van der Waals surface area (Å²) in [5.41, 5.74) is 3.35. The summed E-state index contributed by atoms with van der Waals surface area (Å²) in [5, 5.41) is 6.83. The molecule has 8 nitrogen and oxygen atoms in total. The van der Waals surface area contributed by atoms with Crippen LogP contribution < -0.4 is 14.8 Å². The first-order valence-electron chi connectivity index (χ1n) is 9.80. The highest BCUT2D eigenvalue weighted by Gasteiger charge is 2.29. The van der Waals surface area contributed by atoms with Crippen LogP contribution in [0.4, 0.5) is 0 Å². The fourth-order valence-electron chi connectivity index (χ4n) is 3.65. The van der Waals surface area contributed by atoms with Crippen LogP contribution in [-0.4, -0.2) is 33.8 Å². The number of hydrogen-bond acceptors (Lipinski definition) is 6. The number of ether oxygens (including phenoxy) is 2. The molecule has 1 aliphatic heterocycles. The van der Waals surface area contributed by atoms with E-state index >= 15 is 0 Å². The largest absolute Gasteiger partial charge is 0.486 e. The van der Waals surface area contributed by atoms with Crippen LogP contribution in [0.25, 0.3) is 5.69 Å². The van der Waals surface area contributed by atoms with E-state index in [2.05, 4.69) is 15.5 Å². The zero-order chi connectivity index (χ0) is 20.0. The molecule has 0 spiro atoms. The van der Waals surface area contributed by atoms with E-state index in [1.807, 2.05) is 42.7 Å². The van der Waals surface area contributed by atoms with Crippen molar-refractivity contribution >= 4 is 5.91 Å². The van der Waals surface area contributed by atoms with E-state index in [0.717, 1.165) is 41.4 Å². The number of aromatic nitrogens is 3. The highest BCUT2D eigenvalue weighted by molar-refractivity contribution is 5.95. The first-order valence-corrected chi connectivity index (χ1v) is 9.80. The Bertz CT molecular complexity index is 1080. The molecule has 2 aliphatic rings. The molecule has 1 aromatic carbocycles. The molecule has 3 heterocycles. The lowest BCUT2D eigenvalue weighted by Crippen LogP contribution is -2.24. The second-order valence-corrected chi connectivity index (χ2v) is 7.45. The summed E-state index contributed by atoms with van der Waals surface area (Å²) in [7, 11) is 0. The van der Waals surface area contributed by atoms with Crippen molar-refractivity contribution in [2.24, 2.45) is 0 Å². The predicted octanol–water partition coefficient (Wildman–Crippen LogP) is 3.06. The number of fused-ring (bicyclic) bond motifs is 1. The summed E-state index contributed by atoms with van der Waals surface area (Å²) in [4.78, 5) is 17.1. The monoisotopic (exact) mass is 394 g/mol. The zero-order valence-corrected chi connectivity index (χ0v) is 16.4. The van der Waals surface area contributed by atoms with Gasteiger partial charge in [-0.3, -0.25) is 4.79 Å². The van der Waals surface area contributed by atoms with Crippen LogP contribution in [0.2, 0.25) is 0 Å². The number of benzene rings is 1. The average Bonchev–Trinajstić information content (AvgIpc) is 3.40. The van der Waals surface area contributed by atoms with Crippen LogP contribution in [0.1, 0.15) is 52.2 Å². The standard InChI is InChI=1S/C21H22N4O4/c1-12-9-16(20(26)22-11-19-23-21(29-24-19)14-3-4-14)13(2)25(12)15-5-6-17-18(10-15)28-8-7-27-17/h5-6,9-10,14H,3-4,7-8,11H2,1-2H3,(H,22,26). The molecule has 5 rings (SSSR count). The Morgan fingerprint density at radius 3 is 2.76 bits per heavy atom. The fraction of sp³-hybridized carbons (Fsp3) is 0.381. The normalized spacial score (nSPS) is 15.4. The lowest BCUT2D eigenvalue weighted by Gasteiger charge is -2.20. The molecule has 8 heteroatoms. The minimum Gasteiger partial charge on any atom is -0.486 e. The molecular formula is C21H22N4O4. The maximum atomic E-state index is 12.8. The van der Waals surface area contributed by atoms with Crippen molar-refractivity contribution in [3.63, 3.8) is 0 Å². The lowest BCUT2D eigenvalue weighted by molar-refractivity contribution is 0.0949. The second-order valence-electron chi connectivity index (χ2n) is 7.45. The number of nitrogens with one attached hydrogen (secondary N) is 1. The molecule has 1 aliphatic carbocycles. The third kappa shape index (κ3) is 3.35. The van der Waals surface area contributed by atoms with Crippen molar-refractivity contribution in [1.82, 2.24) is 20.0 Å². The summed E-state index contributed by atoms with van der Waals surface area (Å²) in [6.45, 7) is 5.23. The van der Waals surface area contributed by atoms with Crippen molar-refractivity contribution in [3.8, 4) is 17.2 Å². The maximum absolute atomic E-state index is 12.8. The van der Waals surface area contributed by atoms with E-state index in [4.69, 9.17) is 14.0 Å². The van der Waals surface area contributed by atoms with Crippen LogP contribution in [-0.2, 0) is 6.54 Å². The van der Waals surface area contributed by atoms with Gasteiger partial charge in [0.2, 0.25) is 5.89 Å². The van der Waals surface area contributed by atoms with E-state index in [0.29, 0.717) is 36.4 Å². The Balaban J connectivity index is 1.35. The van der Waals surface area contributed by atoms with Crippen molar-refractivity contribution in [1.29, 1.82) is 0 Å². The smallest absolute Gasteiger partial charge is 0.253 e. The van der Waals surface area contributed by atoms with Gasteiger partial charge in [0.05, 0.1) is 12.1 Å². The third-order valence-corrected chi connectivity index (χ3v) is 5.28. The van der Waals surface area contributed by atoms with E-state index < -0.39 is 0 Å². The van der Waals surface area contributed by atoms with E-state index in [1.165, 1.54) is 0 Å². The van der Waals surface area contributed by atoms with Crippen LogP contribution in [0.15, 0.2) is 28.8 Å².